The van der Waals surface area contributed by atoms with E-state index in [2.05, 4.69) is 60.7 Å². The number of rotatable bonds is 3. The van der Waals surface area contributed by atoms with Crippen LogP contribution in [0.3, 0.4) is 0 Å². The fourth-order valence-electron chi connectivity index (χ4n) is 6.72. The number of hydrogen-bond donors (Lipinski definition) is 0. The lowest BCUT2D eigenvalue weighted by atomic mass is 9.45. The number of hydrogen-bond acceptors (Lipinski definition) is 0. The molecule has 4 fully saturated rings. The zero-order chi connectivity index (χ0) is 15.3. The summed E-state index contributed by atoms with van der Waals surface area (Å²) >= 11 is 0. The maximum atomic E-state index is 2.37. The van der Waals surface area contributed by atoms with E-state index in [0.717, 1.165) is 17.8 Å². The minimum atomic E-state index is 0.525. The summed E-state index contributed by atoms with van der Waals surface area (Å²) in [6.45, 7) is 0. The molecule has 0 unspecified atom stereocenters. The van der Waals surface area contributed by atoms with Crippen LogP contribution in [0.25, 0.3) is 0 Å². The van der Waals surface area contributed by atoms with E-state index in [1.54, 1.807) is 11.1 Å². The molecule has 4 aliphatic carbocycles. The van der Waals surface area contributed by atoms with Gasteiger partial charge >= 0.3 is 0 Å². The van der Waals surface area contributed by atoms with Gasteiger partial charge in [0.1, 0.15) is 0 Å². The van der Waals surface area contributed by atoms with Gasteiger partial charge in [-0.3, -0.25) is 0 Å². The Labute approximate surface area is 139 Å². The van der Waals surface area contributed by atoms with Crippen LogP contribution in [0, 0.1) is 23.2 Å². The summed E-state index contributed by atoms with van der Waals surface area (Å²) in [6.07, 6.45) is 8.97. The van der Waals surface area contributed by atoms with Crippen LogP contribution in [0.2, 0.25) is 0 Å². The van der Waals surface area contributed by atoms with Crippen LogP contribution in [0.1, 0.15) is 55.6 Å². The van der Waals surface area contributed by atoms with Crippen LogP contribution in [-0.2, 0) is 0 Å². The largest absolute Gasteiger partial charge is 0.0622 e. The van der Waals surface area contributed by atoms with E-state index < -0.39 is 0 Å². The Morgan fingerprint density at radius 1 is 0.609 bits per heavy atom. The first-order chi connectivity index (χ1) is 11.3. The highest BCUT2D eigenvalue weighted by Gasteiger charge is 2.54. The summed E-state index contributed by atoms with van der Waals surface area (Å²) in [7, 11) is 0. The van der Waals surface area contributed by atoms with Crippen molar-refractivity contribution in [2.75, 3.05) is 0 Å². The highest BCUT2D eigenvalue weighted by atomic mass is 14.6. The van der Waals surface area contributed by atoms with Gasteiger partial charge in [-0.05, 0) is 72.8 Å². The van der Waals surface area contributed by atoms with Crippen molar-refractivity contribution in [3.63, 3.8) is 0 Å². The Balaban J connectivity index is 1.63. The molecule has 0 heteroatoms. The van der Waals surface area contributed by atoms with E-state index in [9.17, 15) is 0 Å². The first-order valence-electron chi connectivity index (χ1n) is 9.42. The molecular weight excluding hydrogens is 276 g/mol. The van der Waals surface area contributed by atoms with Crippen LogP contribution >= 0.6 is 0 Å². The summed E-state index contributed by atoms with van der Waals surface area (Å²) in [5.74, 6) is 3.63. The third-order valence-corrected chi connectivity index (χ3v) is 6.96. The smallest absolute Gasteiger partial charge is 0.0146 e. The third kappa shape index (κ3) is 2.26. The molecule has 0 nitrogen and oxygen atoms in total. The van der Waals surface area contributed by atoms with Crippen LogP contribution < -0.4 is 0 Å². The maximum absolute atomic E-state index is 2.37. The molecule has 4 saturated carbocycles. The summed E-state index contributed by atoms with van der Waals surface area (Å²) in [5.41, 5.74) is 3.61. The summed E-state index contributed by atoms with van der Waals surface area (Å²) in [5, 5.41) is 0. The van der Waals surface area contributed by atoms with E-state index >= 15 is 0 Å². The van der Waals surface area contributed by atoms with Crippen LogP contribution in [0.5, 0.6) is 0 Å². The second-order valence-electron chi connectivity index (χ2n) is 8.53. The quantitative estimate of drug-likeness (QED) is 0.649. The van der Waals surface area contributed by atoms with Crippen molar-refractivity contribution >= 4 is 0 Å². The van der Waals surface area contributed by atoms with Crippen LogP contribution in [0.15, 0.2) is 60.7 Å². The van der Waals surface area contributed by atoms with Gasteiger partial charge in [-0.15, -0.1) is 0 Å². The second-order valence-corrected chi connectivity index (χ2v) is 8.53. The molecule has 0 N–H and O–H groups in total. The lowest BCUT2D eigenvalue weighted by Crippen LogP contribution is -2.49. The highest BCUT2D eigenvalue weighted by Crippen LogP contribution is 2.65. The van der Waals surface area contributed by atoms with Gasteiger partial charge in [0, 0.05) is 5.92 Å². The van der Waals surface area contributed by atoms with Crippen molar-refractivity contribution in [3.05, 3.63) is 71.8 Å². The predicted octanol–water partition coefficient (Wildman–Crippen LogP) is 6.03. The van der Waals surface area contributed by atoms with E-state index in [-0.39, 0.29) is 0 Å². The van der Waals surface area contributed by atoms with Gasteiger partial charge < -0.3 is 0 Å². The first kappa shape index (κ1) is 13.8. The first-order valence-corrected chi connectivity index (χ1v) is 9.42. The molecule has 0 radical (unpaired) electrons. The molecule has 0 atom stereocenters. The van der Waals surface area contributed by atoms with Crippen LogP contribution in [0.4, 0.5) is 0 Å². The molecule has 0 amide bonds. The van der Waals surface area contributed by atoms with Gasteiger partial charge in [-0.25, -0.2) is 0 Å². The average Bonchev–Trinajstić information content (AvgIpc) is 2.55. The summed E-state index contributed by atoms with van der Waals surface area (Å²) in [4.78, 5) is 0. The SMILES string of the molecule is c1ccc(C(c2ccccc2)C23CC4CC(CC(C4)C2)C3)cc1. The van der Waals surface area contributed by atoms with E-state index in [4.69, 9.17) is 0 Å². The van der Waals surface area contributed by atoms with Crippen molar-refractivity contribution in [2.45, 2.75) is 44.4 Å². The fraction of sp³-hybridized carbons (Fsp3) is 0.478. The lowest BCUT2D eigenvalue weighted by Gasteiger charge is -2.59. The molecule has 4 aliphatic rings. The minimum Gasteiger partial charge on any atom is -0.0622 e. The Bertz CT molecular complexity index is 595. The molecule has 4 bridgehead atoms. The van der Waals surface area contributed by atoms with E-state index in [1.165, 1.54) is 38.5 Å². The summed E-state index contributed by atoms with van der Waals surface area (Å²) < 4.78 is 0. The van der Waals surface area contributed by atoms with E-state index in [1.807, 2.05) is 0 Å². The fourth-order valence-corrected chi connectivity index (χ4v) is 6.72. The standard InChI is InChI=1S/C23H26/c1-3-7-20(8-4-1)22(21-9-5-2-6-10-21)23-14-17-11-18(15-23)13-19(12-17)16-23/h1-10,17-19,22H,11-16H2. The van der Waals surface area contributed by atoms with Crippen molar-refractivity contribution in [1.29, 1.82) is 0 Å². The van der Waals surface area contributed by atoms with Gasteiger partial charge in [0.05, 0.1) is 0 Å². The normalized spacial score (nSPS) is 34.9. The molecular formula is C23H26. The number of benzene rings is 2. The van der Waals surface area contributed by atoms with Crippen molar-refractivity contribution in [2.24, 2.45) is 23.2 Å². The van der Waals surface area contributed by atoms with Gasteiger partial charge in [0.25, 0.3) is 0 Å². The van der Waals surface area contributed by atoms with Gasteiger partial charge in [-0.2, -0.15) is 0 Å². The molecule has 118 valence electrons. The zero-order valence-corrected chi connectivity index (χ0v) is 13.8. The molecule has 2 aromatic rings. The third-order valence-electron chi connectivity index (χ3n) is 6.96. The van der Waals surface area contributed by atoms with Gasteiger partial charge in [0.2, 0.25) is 0 Å². The molecule has 2 aromatic carbocycles. The van der Waals surface area contributed by atoms with Crippen LogP contribution in [-0.4, -0.2) is 0 Å². The Kier molecular flexibility index (Phi) is 3.15. The monoisotopic (exact) mass is 302 g/mol. The Morgan fingerprint density at radius 3 is 1.39 bits per heavy atom. The summed E-state index contributed by atoms with van der Waals surface area (Å²) in [6, 6.07) is 22.7. The van der Waals surface area contributed by atoms with Gasteiger partial charge in [-0.1, -0.05) is 60.7 Å². The molecule has 6 rings (SSSR count). The Hall–Kier alpha value is -1.56. The molecule has 0 spiro atoms. The predicted molar refractivity (Wildman–Crippen MR) is 95.3 cm³/mol. The lowest BCUT2D eigenvalue weighted by molar-refractivity contribution is -0.0618. The van der Waals surface area contributed by atoms with Crippen molar-refractivity contribution in [3.8, 4) is 0 Å². The maximum Gasteiger partial charge on any atom is 0.0146 e. The zero-order valence-electron chi connectivity index (χ0n) is 13.8. The second kappa shape index (κ2) is 5.23. The van der Waals surface area contributed by atoms with Crippen molar-refractivity contribution in [1.82, 2.24) is 0 Å². The molecule has 0 aliphatic heterocycles. The van der Waals surface area contributed by atoms with E-state index in [0.29, 0.717) is 11.3 Å². The topological polar surface area (TPSA) is 0 Å². The van der Waals surface area contributed by atoms with Gasteiger partial charge in [0.15, 0.2) is 0 Å². The molecule has 23 heavy (non-hydrogen) atoms. The highest BCUT2D eigenvalue weighted by molar-refractivity contribution is 5.36. The average molecular weight is 302 g/mol. The molecule has 0 saturated heterocycles. The van der Waals surface area contributed by atoms with Crippen molar-refractivity contribution < 1.29 is 0 Å². The molecule has 0 heterocycles. The molecule has 0 aromatic heterocycles. The minimum absolute atomic E-state index is 0.525. The Morgan fingerprint density at radius 2 is 1.00 bits per heavy atom.